The Bertz CT molecular complexity index is 1230. The maximum atomic E-state index is 15.1. The van der Waals surface area contributed by atoms with Gasteiger partial charge in [0.15, 0.2) is 11.6 Å². The van der Waals surface area contributed by atoms with Gasteiger partial charge in [0, 0.05) is 48.1 Å². The van der Waals surface area contributed by atoms with Gasteiger partial charge < -0.3 is 35.6 Å². The number of carbonyl (C=O) groups is 1. The number of hydrogen-bond acceptors (Lipinski definition) is 8. The summed E-state index contributed by atoms with van der Waals surface area (Å²) >= 11 is 0. The zero-order chi connectivity index (χ0) is 29.4. The van der Waals surface area contributed by atoms with Crippen molar-refractivity contribution in [1.29, 1.82) is 5.26 Å². The van der Waals surface area contributed by atoms with E-state index in [1.54, 1.807) is 12.1 Å². The molecule has 4 unspecified atom stereocenters. The normalized spacial score (nSPS) is 21.8. The highest BCUT2D eigenvalue weighted by Crippen LogP contribution is 2.42. The highest BCUT2D eigenvalue weighted by atomic mass is 19.1. The van der Waals surface area contributed by atoms with E-state index >= 15 is 4.39 Å². The second kappa shape index (κ2) is 14.4. The number of amides is 1. The van der Waals surface area contributed by atoms with Crippen LogP contribution in [-0.4, -0.2) is 63.8 Å². The number of benzene rings is 2. The molecule has 0 bridgehead atoms. The molecule has 2 aromatic carbocycles. The topological polar surface area (TPSA) is 111 Å². The largest absolute Gasteiger partial charge is 0.492 e. The first-order chi connectivity index (χ1) is 19.8. The van der Waals surface area contributed by atoms with Crippen molar-refractivity contribution in [2.75, 3.05) is 62.9 Å². The lowest BCUT2D eigenvalue weighted by Gasteiger charge is -2.33. The van der Waals surface area contributed by atoms with Gasteiger partial charge in [-0.05, 0) is 77.5 Å². The molecule has 10 heteroatoms. The fraction of sp³-hybridized carbons (Fsp3) is 0.548. The Morgan fingerprint density at radius 1 is 1.22 bits per heavy atom. The SMILES string of the molecule is CCOc1cc2c(cc1NC(=O)CCCN(C)C)C(Nc1ccc(OCC3NCCCC3C)c(F)c1)C(C#N)CN2. The third-order valence-corrected chi connectivity index (χ3v) is 7.75. The van der Waals surface area contributed by atoms with Gasteiger partial charge in [-0.15, -0.1) is 0 Å². The van der Waals surface area contributed by atoms with Gasteiger partial charge in [-0.3, -0.25) is 4.79 Å². The quantitative estimate of drug-likeness (QED) is 0.285. The molecule has 9 nitrogen and oxygen atoms in total. The summed E-state index contributed by atoms with van der Waals surface area (Å²) in [6, 6.07) is 10.7. The molecule has 2 aliphatic heterocycles. The van der Waals surface area contributed by atoms with Gasteiger partial charge in [0.1, 0.15) is 12.4 Å². The molecule has 2 aliphatic rings. The molecule has 4 rings (SSSR count). The molecule has 1 saturated heterocycles. The van der Waals surface area contributed by atoms with Crippen LogP contribution in [0.1, 0.15) is 51.1 Å². The molecule has 1 amide bonds. The molecular weight excluding hydrogens is 523 g/mol. The standard InChI is InChI=1S/C31H43FN6O3/c1-5-40-29-16-25-23(15-26(29)37-30(39)9-7-13-38(3)4)31(21(17-33)18-35-25)36-22-10-11-28(24(32)14-22)41-19-27-20(2)8-6-12-34-27/h10-11,14-16,20-21,27,31,34-36H,5-9,12-13,18-19H2,1-4H3,(H,37,39). The second-order valence-electron chi connectivity index (χ2n) is 11.2. The molecule has 41 heavy (non-hydrogen) atoms. The fourth-order valence-corrected chi connectivity index (χ4v) is 5.40. The summed E-state index contributed by atoms with van der Waals surface area (Å²) in [6.45, 7) is 7.11. The van der Waals surface area contributed by atoms with Gasteiger partial charge in [-0.2, -0.15) is 5.26 Å². The zero-order valence-corrected chi connectivity index (χ0v) is 24.6. The Morgan fingerprint density at radius 3 is 2.76 bits per heavy atom. The second-order valence-corrected chi connectivity index (χ2v) is 11.2. The number of anilines is 3. The predicted octanol–water partition coefficient (Wildman–Crippen LogP) is 4.99. The first kappa shape index (κ1) is 30.4. The van der Waals surface area contributed by atoms with E-state index in [0.717, 1.165) is 43.6 Å². The lowest BCUT2D eigenvalue weighted by atomic mass is 9.88. The molecular formula is C31H43FN6O3. The van der Waals surface area contributed by atoms with Gasteiger partial charge in [0.2, 0.25) is 5.91 Å². The molecule has 0 radical (unpaired) electrons. The average Bonchev–Trinajstić information content (AvgIpc) is 2.94. The number of carbonyl (C=O) groups excluding carboxylic acids is 1. The maximum absolute atomic E-state index is 15.1. The summed E-state index contributed by atoms with van der Waals surface area (Å²) < 4.78 is 26.8. The van der Waals surface area contributed by atoms with E-state index in [9.17, 15) is 10.1 Å². The van der Waals surface area contributed by atoms with E-state index in [2.05, 4.69) is 34.3 Å². The average molecular weight is 567 g/mol. The van der Waals surface area contributed by atoms with E-state index in [-0.39, 0.29) is 17.7 Å². The Kier molecular flexibility index (Phi) is 10.7. The molecule has 4 N–H and O–H groups in total. The fourth-order valence-electron chi connectivity index (χ4n) is 5.40. The number of nitrogens with one attached hydrogen (secondary N) is 4. The lowest BCUT2D eigenvalue weighted by Crippen LogP contribution is -2.44. The Morgan fingerprint density at radius 2 is 2.05 bits per heavy atom. The van der Waals surface area contributed by atoms with Crippen molar-refractivity contribution in [2.24, 2.45) is 11.8 Å². The van der Waals surface area contributed by atoms with Gasteiger partial charge in [-0.25, -0.2) is 4.39 Å². The van der Waals surface area contributed by atoms with Crippen molar-refractivity contribution in [2.45, 2.75) is 51.6 Å². The summed E-state index contributed by atoms with van der Waals surface area (Å²) in [5.41, 5.74) is 2.69. The van der Waals surface area contributed by atoms with Crippen LogP contribution in [0.5, 0.6) is 11.5 Å². The minimum absolute atomic E-state index is 0.103. The minimum Gasteiger partial charge on any atom is -0.492 e. The van der Waals surface area contributed by atoms with E-state index < -0.39 is 17.8 Å². The lowest BCUT2D eigenvalue weighted by molar-refractivity contribution is -0.116. The maximum Gasteiger partial charge on any atom is 0.224 e. The van der Waals surface area contributed by atoms with E-state index in [4.69, 9.17) is 9.47 Å². The third-order valence-electron chi connectivity index (χ3n) is 7.75. The molecule has 4 atom stereocenters. The zero-order valence-electron chi connectivity index (χ0n) is 24.6. The molecule has 0 aromatic heterocycles. The van der Waals surface area contributed by atoms with Crippen LogP contribution in [0.25, 0.3) is 0 Å². The summed E-state index contributed by atoms with van der Waals surface area (Å²) in [5, 5.41) is 23.1. The van der Waals surface area contributed by atoms with Crippen LogP contribution < -0.4 is 30.7 Å². The van der Waals surface area contributed by atoms with Crippen LogP contribution in [0.4, 0.5) is 21.5 Å². The van der Waals surface area contributed by atoms with Gasteiger partial charge >= 0.3 is 0 Å². The first-order valence-corrected chi connectivity index (χ1v) is 14.6. The van der Waals surface area contributed by atoms with Crippen molar-refractivity contribution >= 4 is 23.0 Å². The van der Waals surface area contributed by atoms with Crippen LogP contribution in [0.3, 0.4) is 0 Å². The highest BCUT2D eigenvalue weighted by Gasteiger charge is 2.31. The van der Waals surface area contributed by atoms with Crippen molar-refractivity contribution in [1.82, 2.24) is 10.2 Å². The Labute approximate surface area is 242 Å². The monoisotopic (exact) mass is 566 g/mol. The van der Waals surface area contributed by atoms with Crippen LogP contribution in [0.15, 0.2) is 30.3 Å². The van der Waals surface area contributed by atoms with E-state index in [1.807, 2.05) is 38.1 Å². The highest BCUT2D eigenvalue weighted by molar-refractivity contribution is 5.93. The van der Waals surface area contributed by atoms with Crippen LogP contribution in [-0.2, 0) is 4.79 Å². The van der Waals surface area contributed by atoms with E-state index in [1.165, 1.54) is 6.07 Å². The van der Waals surface area contributed by atoms with Crippen molar-refractivity contribution in [3.8, 4) is 17.6 Å². The molecule has 2 aromatic rings. The summed E-state index contributed by atoms with van der Waals surface area (Å²) in [4.78, 5) is 14.8. The predicted molar refractivity (Wildman–Crippen MR) is 160 cm³/mol. The van der Waals surface area contributed by atoms with Crippen molar-refractivity contribution in [3.05, 3.63) is 41.7 Å². The van der Waals surface area contributed by atoms with Gasteiger partial charge in [0.05, 0.1) is 30.3 Å². The summed E-state index contributed by atoms with van der Waals surface area (Å²) in [5.74, 6) is 0.252. The van der Waals surface area contributed by atoms with Gasteiger partial charge in [-0.1, -0.05) is 6.92 Å². The number of nitriles is 1. The minimum atomic E-state index is -0.460. The van der Waals surface area contributed by atoms with E-state index in [0.29, 0.717) is 49.2 Å². The summed E-state index contributed by atoms with van der Waals surface area (Å²) in [6.07, 6.45) is 3.40. The first-order valence-electron chi connectivity index (χ1n) is 14.6. The molecule has 222 valence electrons. The molecule has 1 fully saturated rings. The van der Waals surface area contributed by atoms with Gasteiger partial charge in [0.25, 0.3) is 0 Å². The van der Waals surface area contributed by atoms with Crippen LogP contribution in [0, 0.1) is 29.0 Å². The third kappa shape index (κ3) is 8.02. The smallest absolute Gasteiger partial charge is 0.224 e. The van der Waals surface area contributed by atoms with Crippen LogP contribution >= 0.6 is 0 Å². The number of piperidine rings is 1. The number of rotatable bonds is 12. The Balaban J connectivity index is 1.52. The summed E-state index contributed by atoms with van der Waals surface area (Å²) in [7, 11) is 3.95. The number of nitrogens with zero attached hydrogens (tertiary/aromatic N) is 2. The van der Waals surface area contributed by atoms with Crippen molar-refractivity contribution in [3.63, 3.8) is 0 Å². The van der Waals surface area contributed by atoms with Crippen LogP contribution in [0.2, 0.25) is 0 Å². The molecule has 2 heterocycles. The number of ether oxygens (including phenoxy) is 2. The molecule has 0 aliphatic carbocycles. The molecule has 0 saturated carbocycles. The van der Waals surface area contributed by atoms with Crippen molar-refractivity contribution < 1.29 is 18.7 Å². The number of halogens is 1. The Hall–Kier alpha value is -3.55. The number of hydrogen-bond donors (Lipinski definition) is 4. The molecule has 0 spiro atoms. The number of fused-ring (bicyclic) bond motifs is 1.